The van der Waals surface area contributed by atoms with Gasteiger partial charge in [0.15, 0.2) is 5.11 Å². The van der Waals surface area contributed by atoms with Crippen molar-refractivity contribution in [2.75, 3.05) is 17.2 Å². The molecule has 2 aromatic heterocycles. The van der Waals surface area contributed by atoms with Crippen molar-refractivity contribution in [2.24, 2.45) is 0 Å². The number of thiazole rings is 1. The summed E-state index contributed by atoms with van der Waals surface area (Å²) >= 11 is 13.3. The van der Waals surface area contributed by atoms with Crippen LogP contribution in [0.15, 0.2) is 54.3 Å². The lowest BCUT2D eigenvalue weighted by atomic mass is 10.2. The first kappa shape index (κ1) is 23.1. The molecule has 4 aromatic rings. The van der Waals surface area contributed by atoms with Crippen molar-refractivity contribution in [3.63, 3.8) is 0 Å². The molecule has 0 fully saturated rings. The van der Waals surface area contributed by atoms with E-state index >= 15 is 0 Å². The molecule has 0 amide bonds. The minimum atomic E-state index is -0.149. The number of hydrogen-bond donors (Lipinski definition) is 4. The van der Waals surface area contributed by atoms with Crippen molar-refractivity contribution in [2.45, 2.75) is 19.6 Å². The highest BCUT2D eigenvalue weighted by Crippen LogP contribution is 2.31. The fraction of sp³-hybridized carbons (Fsp3) is 0.182. The highest BCUT2D eigenvalue weighted by atomic mass is 35.5. The van der Waals surface area contributed by atoms with Gasteiger partial charge in [0.2, 0.25) is 0 Å². The van der Waals surface area contributed by atoms with E-state index in [0.29, 0.717) is 28.3 Å². The van der Waals surface area contributed by atoms with Gasteiger partial charge in [0.05, 0.1) is 17.1 Å². The second-order valence-electron chi connectivity index (χ2n) is 7.12. The summed E-state index contributed by atoms with van der Waals surface area (Å²) in [4.78, 5) is 12.9. The number of halogens is 1. The average molecular weight is 501 g/mol. The molecule has 33 heavy (non-hydrogen) atoms. The predicted molar refractivity (Wildman–Crippen MR) is 137 cm³/mol. The largest absolute Gasteiger partial charge is 0.485 e. The first-order chi connectivity index (χ1) is 16.0. The molecule has 0 radical (unpaired) electrons. The molecule has 0 bridgehead atoms. The number of aliphatic hydroxyl groups is 1. The maximum Gasteiger partial charge on any atom is 0.171 e. The third kappa shape index (κ3) is 6.05. The van der Waals surface area contributed by atoms with Crippen LogP contribution >= 0.6 is 35.2 Å². The average Bonchev–Trinajstić information content (AvgIpc) is 3.32. The van der Waals surface area contributed by atoms with Crippen LogP contribution < -0.4 is 20.7 Å². The van der Waals surface area contributed by atoms with Crippen LogP contribution in [0.4, 0.5) is 17.2 Å². The number of benzene rings is 2. The molecular formula is C22H21ClN6O2S2. The van der Waals surface area contributed by atoms with Gasteiger partial charge in [0.25, 0.3) is 0 Å². The van der Waals surface area contributed by atoms with Crippen molar-refractivity contribution in [1.82, 2.24) is 20.3 Å². The summed E-state index contributed by atoms with van der Waals surface area (Å²) in [6.07, 6.45) is 3.24. The molecular weight excluding hydrogens is 480 g/mol. The Hall–Kier alpha value is -3.05. The van der Waals surface area contributed by atoms with Gasteiger partial charge in [-0.15, -0.1) is 11.3 Å². The molecule has 0 aliphatic heterocycles. The Morgan fingerprint density at radius 1 is 1.18 bits per heavy atom. The van der Waals surface area contributed by atoms with E-state index in [9.17, 15) is 5.11 Å². The number of ether oxygens (including phenoxy) is 1. The van der Waals surface area contributed by atoms with Gasteiger partial charge in [-0.25, -0.2) is 15.0 Å². The zero-order valence-corrected chi connectivity index (χ0v) is 20.0. The van der Waals surface area contributed by atoms with Gasteiger partial charge in [0.1, 0.15) is 29.5 Å². The van der Waals surface area contributed by atoms with Crippen molar-refractivity contribution < 1.29 is 9.84 Å². The Labute approximate surface area is 205 Å². The topological polar surface area (TPSA) is 104 Å². The van der Waals surface area contributed by atoms with Gasteiger partial charge >= 0.3 is 0 Å². The van der Waals surface area contributed by atoms with Crippen molar-refractivity contribution in [3.8, 4) is 5.75 Å². The van der Waals surface area contributed by atoms with E-state index in [1.54, 1.807) is 18.3 Å². The summed E-state index contributed by atoms with van der Waals surface area (Å²) in [6, 6.07) is 11.0. The smallest absolute Gasteiger partial charge is 0.171 e. The molecule has 2 heterocycles. The summed E-state index contributed by atoms with van der Waals surface area (Å²) in [5.41, 5.74) is 2.30. The van der Waals surface area contributed by atoms with Gasteiger partial charge in [0, 0.05) is 34.4 Å². The van der Waals surface area contributed by atoms with E-state index in [-0.39, 0.29) is 12.6 Å². The van der Waals surface area contributed by atoms with Gasteiger partial charge in [-0.3, -0.25) is 0 Å². The molecule has 0 saturated heterocycles. The zero-order valence-electron chi connectivity index (χ0n) is 17.6. The maximum absolute atomic E-state index is 9.18. The minimum Gasteiger partial charge on any atom is -0.485 e. The Balaban J connectivity index is 1.50. The number of aromatic nitrogens is 3. The molecule has 11 heteroatoms. The molecule has 0 aliphatic carbocycles. The quantitative estimate of drug-likeness (QED) is 0.255. The minimum absolute atomic E-state index is 0.0151. The maximum atomic E-state index is 9.18. The van der Waals surface area contributed by atoms with Gasteiger partial charge < -0.3 is 25.8 Å². The van der Waals surface area contributed by atoms with E-state index in [1.807, 2.05) is 36.6 Å². The number of anilines is 3. The standard InChI is InChI=1S/C22H21ClN6O2S2/c1-13(10-30)27-22(32)29-14-2-4-18-16(8-14)21(26-12-25-18)28-15-3-5-19(17(23)9-15)31-11-20-24-6-7-33-20/h2-9,12-13,30H,10-11H2,1H3,(H,25,26,28)(H2,27,29,32)/t13-/m1/s1. The molecule has 0 saturated carbocycles. The SMILES string of the molecule is C[C@H](CO)NC(=S)Nc1ccc2ncnc(Nc3ccc(OCc4nccs4)c(Cl)c3)c2c1. The number of aliphatic hydroxyl groups excluding tert-OH is 1. The number of thiocarbonyl (C=S) groups is 1. The summed E-state index contributed by atoms with van der Waals surface area (Å²) < 4.78 is 5.77. The van der Waals surface area contributed by atoms with Crippen molar-refractivity contribution in [1.29, 1.82) is 0 Å². The first-order valence-corrected chi connectivity index (χ1v) is 11.7. The molecule has 0 unspecified atom stereocenters. The number of fused-ring (bicyclic) bond motifs is 1. The Kier molecular flexibility index (Phi) is 7.50. The molecule has 4 rings (SSSR count). The van der Waals surface area contributed by atoms with Crippen molar-refractivity contribution >= 4 is 68.4 Å². The summed E-state index contributed by atoms with van der Waals surface area (Å²) in [7, 11) is 0. The predicted octanol–water partition coefficient (Wildman–Crippen LogP) is 4.73. The number of nitrogens with one attached hydrogen (secondary N) is 3. The molecule has 0 aliphatic rings. The summed E-state index contributed by atoms with van der Waals surface area (Å²) in [5, 5.41) is 23.1. The fourth-order valence-electron chi connectivity index (χ4n) is 2.97. The highest BCUT2D eigenvalue weighted by molar-refractivity contribution is 7.80. The molecule has 2 aromatic carbocycles. The fourth-order valence-corrected chi connectivity index (χ4v) is 4.05. The highest BCUT2D eigenvalue weighted by Gasteiger charge is 2.10. The lowest BCUT2D eigenvalue weighted by molar-refractivity contribution is 0.264. The van der Waals surface area contributed by atoms with E-state index in [4.69, 9.17) is 28.6 Å². The van der Waals surface area contributed by atoms with Crippen LogP contribution in [0.25, 0.3) is 10.9 Å². The van der Waals surface area contributed by atoms with E-state index in [2.05, 4.69) is 30.9 Å². The second kappa shape index (κ2) is 10.7. The van der Waals surface area contributed by atoms with Gasteiger partial charge in [-0.05, 0) is 55.5 Å². The summed E-state index contributed by atoms with van der Waals surface area (Å²) in [5.74, 6) is 1.20. The lowest BCUT2D eigenvalue weighted by Gasteiger charge is -2.15. The number of nitrogens with zero attached hydrogens (tertiary/aromatic N) is 3. The van der Waals surface area contributed by atoms with Gasteiger partial charge in [-0.1, -0.05) is 11.6 Å². The normalized spacial score (nSPS) is 11.7. The molecule has 0 spiro atoms. The number of rotatable bonds is 8. The Bertz CT molecular complexity index is 1260. The van der Waals surface area contributed by atoms with Crippen LogP contribution in [0.2, 0.25) is 5.02 Å². The van der Waals surface area contributed by atoms with Crippen LogP contribution in [-0.4, -0.2) is 37.8 Å². The Morgan fingerprint density at radius 2 is 2.03 bits per heavy atom. The molecule has 4 N–H and O–H groups in total. The molecule has 170 valence electrons. The summed E-state index contributed by atoms with van der Waals surface area (Å²) in [6.45, 7) is 2.19. The molecule has 8 nitrogen and oxygen atoms in total. The van der Waals surface area contributed by atoms with Crippen molar-refractivity contribution in [3.05, 3.63) is 64.3 Å². The molecule has 1 atom stereocenters. The van der Waals surface area contributed by atoms with E-state index in [0.717, 1.165) is 27.3 Å². The van der Waals surface area contributed by atoms with Crippen LogP contribution in [-0.2, 0) is 6.61 Å². The first-order valence-electron chi connectivity index (χ1n) is 10.0. The van der Waals surface area contributed by atoms with Crippen LogP contribution in [0.5, 0.6) is 5.75 Å². The van der Waals surface area contributed by atoms with Crippen LogP contribution in [0.3, 0.4) is 0 Å². The number of hydrogen-bond acceptors (Lipinski definition) is 8. The Morgan fingerprint density at radius 3 is 2.79 bits per heavy atom. The van der Waals surface area contributed by atoms with Gasteiger partial charge in [-0.2, -0.15) is 0 Å². The third-order valence-electron chi connectivity index (χ3n) is 4.57. The lowest BCUT2D eigenvalue weighted by Crippen LogP contribution is -2.37. The second-order valence-corrected chi connectivity index (χ2v) is 8.92. The third-order valence-corrected chi connectivity index (χ3v) is 5.84. The van der Waals surface area contributed by atoms with Crippen LogP contribution in [0, 0.1) is 0 Å². The van der Waals surface area contributed by atoms with Crippen LogP contribution in [0.1, 0.15) is 11.9 Å². The van der Waals surface area contributed by atoms with E-state index < -0.39 is 0 Å². The van der Waals surface area contributed by atoms with E-state index in [1.165, 1.54) is 17.7 Å². The zero-order chi connectivity index (χ0) is 23.2. The monoisotopic (exact) mass is 500 g/mol.